The van der Waals surface area contributed by atoms with Crippen molar-refractivity contribution in [1.82, 2.24) is 9.88 Å². The Kier molecular flexibility index (Phi) is 4.70. The summed E-state index contributed by atoms with van der Waals surface area (Å²) in [5.41, 5.74) is 4.33. The SMILES string of the molecule is O=C1c2c(cccc2NC2CCS(=O)(=O)C2)CN1CCc1ccc2ccccc2n1. The van der Waals surface area contributed by atoms with Crippen molar-refractivity contribution in [1.29, 1.82) is 0 Å². The van der Waals surface area contributed by atoms with E-state index in [1.54, 1.807) is 0 Å². The first-order valence-electron chi connectivity index (χ1n) is 10.2. The Morgan fingerprint density at radius 2 is 1.93 bits per heavy atom. The van der Waals surface area contributed by atoms with E-state index in [0.717, 1.165) is 27.8 Å². The van der Waals surface area contributed by atoms with Gasteiger partial charge in [-0.3, -0.25) is 9.78 Å². The number of hydrogen-bond acceptors (Lipinski definition) is 5. The highest BCUT2D eigenvalue weighted by Gasteiger charge is 2.32. The van der Waals surface area contributed by atoms with Gasteiger partial charge in [0.25, 0.3) is 5.91 Å². The topological polar surface area (TPSA) is 79.4 Å². The van der Waals surface area contributed by atoms with Crippen LogP contribution in [0.1, 0.15) is 28.0 Å². The molecule has 1 atom stereocenters. The molecule has 1 unspecified atom stereocenters. The largest absolute Gasteiger partial charge is 0.381 e. The first-order valence-corrected chi connectivity index (χ1v) is 12.0. The monoisotopic (exact) mass is 421 g/mol. The number of carbonyl (C=O) groups excluding carboxylic acids is 1. The number of sulfone groups is 1. The van der Waals surface area contributed by atoms with Crippen molar-refractivity contribution in [2.45, 2.75) is 25.4 Å². The quantitative estimate of drug-likeness (QED) is 0.685. The van der Waals surface area contributed by atoms with Crippen LogP contribution >= 0.6 is 0 Å². The zero-order valence-electron chi connectivity index (χ0n) is 16.5. The second-order valence-corrected chi connectivity index (χ2v) is 10.3. The fourth-order valence-corrected chi connectivity index (χ4v) is 6.02. The van der Waals surface area contributed by atoms with Crippen LogP contribution in [0.5, 0.6) is 0 Å². The van der Waals surface area contributed by atoms with Crippen molar-refractivity contribution in [3.63, 3.8) is 0 Å². The molecule has 0 radical (unpaired) electrons. The van der Waals surface area contributed by atoms with E-state index in [2.05, 4.69) is 11.4 Å². The summed E-state index contributed by atoms with van der Waals surface area (Å²) in [7, 11) is -2.97. The molecular formula is C23H23N3O3S. The predicted octanol–water partition coefficient (Wildman–Crippen LogP) is 3.03. The van der Waals surface area contributed by atoms with E-state index in [4.69, 9.17) is 4.98 Å². The second-order valence-electron chi connectivity index (χ2n) is 8.06. The first-order chi connectivity index (χ1) is 14.5. The number of benzene rings is 2. The number of para-hydroxylation sites is 1. The Balaban J connectivity index is 1.30. The maximum Gasteiger partial charge on any atom is 0.256 e. The average molecular weight is 422 g/mol. The number of nitrogens with zero attached hydrogens (tertiary/aromatic N) is 2. The Hall–Kier alpha value is -2.93. The van der Waals surface area contributed by atoms with Crippen LogP contribution in [0.4, 0.5) is 5.69 Å². The number of rotatable bonds is 5. The molecule has 7 heteroatoms. The minimum Gasteiger partial charge on any atom is -0.381 e. The number of aromatic nitrogens is 1. The molecule has 1 N–H and O–H groups in total. The summed E-state index contributed by atoms with van der Waals surface area (Å²) < 4.78 is 23.5. The molecular weight excluding hydrogens is 398 g/mol. The van der Waals surface area contributed by atoms with Gasteiger partial charge in [0, 0.05) is 42.3 Å². The molecule has 6 nitrogen and oxygen atoms in total. The van der Waals surface area contributed by atoms with Crippen molar-refractivity contribution < 1.29 is 13.2 Å². The van der Waals surface area contributed by atoms with Crippen LogP contribution in [-0.2, 0) is 22.8 Å². The number of fused-ring (bicyclic) bond motifs is 2. The molecule has 1 saturated heterocycles. The molecule has 154 valence electrons. The number of hydrogen-bond donors (Lipinski definition) is 1. The lowest BCUT2D eigenvalue weighted by molar-refractivity contribution is 0.0780. The van der Waals surface area contributed by atoms with E-state index in [-0.39, 0.29) is 23.5 Å². The smallest absolute Gasteiger partial charge is 0.256 e. The van der Waals surface area contributed by atoms with E-state index >= 15 is 0 Å². The molecule has 30 heavy (non-hydrogen) atoms. The Labute approximate surface area is 175 Å². The Morgan fingerprint density at radius 3 is 2.77 bits per heavy atom. The highest BCUT2D eigenvalue weighted by atomic mass is 32.2. The van der Waals surface area contributed by atoms with Gasteiger partial charge in [0.1, 0.15) is 0 Å². The summed E-state index contributed by atoms with van der Waals surface area (Å²) in [4.78, 5) is 19.6. The number of pyridine rings is 1. The van der Waals surface area contributed by atoms with Gasteiger partial charge in [-0.1, -0.05) is 36.4 Å². The maximum absolute atomic E-state index is 13.1. The van der Waals surface area contributed by atoms with Crippen LogP contribution in [0, 0.1) is 0 Å². The fraction of sp³-hybridized carbons (Fsp3) is 0.304. The van der Waals surface area contributed by atoms with Gasteiger partial charge >= 0.3 is 0 Å². The van der Waals surface area contributed by atoms with E-state index in [9.17, 15) is 13.2 Å². The van der Waals surface area contributed by atoms with Crippen LogP contribution in [0.25, 0.3) is 10.9 Å². The van der Waals surface area contributed by atoms with E-state index in [0.29, 0.717) is 31.5 Å². The molecule has 1 fully saturated rings. The van der Waals surface area contributed by atoms with Crippen LogP contribution in [0.3, 0.4) is 0 Å². The molecule has 0 bridgehead atoms. The molecule has 3 aromatic rings. The number of amides is 1. The van der Waals surface area contributed by atoms with Gasteiger partial charge in [-0.25, -0.2) is 8.42 Å². The fourth-order valence-electron chi connectivity index (χ4n) is 4.35. The summed E-state index contributed by atoms with van der Waals surface area (Å²) in [6, 6.07) is 17.7. The lowest BCUT2D eigenvalue weighted by Crippen LogP contribution is -2.27. The number of carbonyl (C=O) groups is 1. The lowest BCUT2D eigenvalue weighted by atomic mass is 10.1. The highest BCUT2D eigenvalue weighted by Crippen LogP contribution is 2.31. The Morgan fingerprint density at radius 1 is 1.07 bits per heavy atom. The first kappa shape index (κ1) is 19.1. The Bertz CT molecular complexity index is 1240. The maximum atomic E-state index is 13.1. The molecule has 0 saturated carbocycles. The summed E-state index contributed by atoms with van der Waals surface area (Å²) >= 11 is 0. The summed E-state index contributed by atoms with van der Waals surface area (Å²) in [6.45, 7) is 1.16. The van der Waals surface area contributed by atoms with Gasteiger partial charge in [0.05, 0.1) is 22.6 Å². The molecule has 1 aromatic heterocycles. The molecule has 3 heterocycles. The van der Waals surface area contributed by atoms with Gasteiger partial charge in [-0.05, 0) is 30.2 Å². The van der Waals surface area contributed by atoms with Crippen LogP contribution < -0.4 is 5.32 Å². The van der Waals surface area contributed by atoms with Gasteiger partial charge in [-0.15, -0.1) is 0 Å². The van der Waals surface area contributed by atoms with Crippen molar-refractivity contribution in [2.75, 3.05) is 23.4 Å². The van der Waals surface area contributed by atoms with Crippen molar-refractivity contribution >= 4 is 32.3 Å². The third kappa shape index (κ3) is 3.65. The minimum atomic E-state index is -2.97. The second kappa shape index (κ2) is 7.40. The molecule has 5 rings (SSSR count). The van der Waals surface area contributed by atoms with E-state index in [1.165, 1.54) is 0 Å². The van der Waals surface area contributed by atoms with Gasteiger partial charge in [-0.2, -0.15) is 0 Å². The summed E-state index contributed by atoms with van der Waals surface area (Å²) in [6.07, 6.45) is 1.27. The third-order valence-corrected chi connectivity index (χ3v) is 7.67. The number of nitrogens with one attached hydrogen (secondary N) is 1. The van der Waals surface area contributed by atoms with Crippen LogP contribution in [0.15, 0.2) is 54.6 Å². The van der Waals surface area contributed by atoms with Gasteiger partial charge in [0.2, 0.25) is 0 Å². The van der Waals surface area contributed by atoms with Crippen molar-refractivity contribution in [2.24, 2.45) is 0 Å². The van der Waals surface area contributed by atoms with E-state index in [1.807, 2.05) is 53.4 Å². The van der Waals surface area contributed by atoms with Crippen LogP contribution in [0.2, 0.25) is 0 Å². The van der Waals surface area contributed by atoms with Crippen molar-refractivity contribution in [3.8, 4) is 0 Å². The van der Waals surface area contributed by atoms with E-state index < -0.39 is 9.84 Å². The molecule has 1 amide bonds. The molecule has 2 aromatic carbocycles. The lowest BCUT2D eigenvalue weighted by Gasteiger charge is -2.17. The third-order valence-electron chi connectivity index (χ3n) is 5.90. The highest BCUT2D eigenvalue weighted by molar-refractivity contribution is 7.91. The standard InChI is InChI=1S/C23H23N3O3S/c27-23-22-17(5-3-7-21(22)25-19-11-13-30(28,29)15-19)14-26(23)12-10-18-9-8-16-4-1-2-6-20(16)24-18/h1-9,19,25H,10-15H2. The van der Waals surface area contributed by atoms with Gasteiger partial charge in [0.15, 0.2) is 9.84 Å². The molecule has 0 aliphatic carbocycles. The number of anilines is 1. The van der Waals surface area contributed by atoms with Crippen molar-refractivity contribution in [3.05, 3.63) is 71.4 Å². The molecule has 2 aliphatic rings. The summed E-state index contributed by atoms with van der Waals surface area (Å²) in [5, 5.41) is 4.41. The zero-order chi connectivity index (χ0) is 20.7. The summed E-state index contributed by atoms with van der Waals surface area (Å²) in [5.74, 6) is 0.329. The molecule has 0 spiro atoms. The predicted molar refractivity (Wildman–Crippen MR) is 117 cm³/mol. The van der Waals surface area contributed by atoms with Gasteiger partial charge < -0.3 is 10.2 Å². The normalized spacial score (nSPS) is 19.9. The minimum absolute atomic E-state index is 0.00487. The molecule has 2 aliphatic heterocycles. The average Bonchev–Trinajstić information content (AvgIpc) is 3.25. The van der Waals surface area contributed by atoms with Crippen LogP contribution in [-0.4, -0.2) is 48.3 Å². The zero-order valence-corrected chi connectivity index (χ0v) is 17.4.